The minimum absolute atomic E-state index is 0.0390. The highest BCUT2D eigenvalue weighted by molar-refractivity contribution is 9.10. The summed E-state index contributed by atoms with van der Waals surface area (Å²) in [5.74, 6) is -1.20. The molecule has 3 rings (SSSR count). The van der Waals surface area contributed by atoms with Gasteiger partial charge in [0.05, 0.1) is 11.3 Å². The average Bonchev–Trinajstić information content (AvgIpc) is 2.57. The molecule has 0 aliphatic carbocycles. The van der Waals surface area contributed by atoms with Crippen LogP contribution in [0.25, 0.3) is 11.3 Å². The van der Waals surface area contributed by atoms with Crippen LogP contribution in [0.3, 0.4) is 0 Å². The summed E-state index contributed by atoms with van der Waals surface area (Å²) in [6, 6.07) is 12.2. The Labute approximate surface area is 150 Å². The van der Waals surface area contributed by atoms with Crippen LogP contribution in [0.15, 0.2) is 59.2 Å². The van der Waals surface area contributed by atoms with E-state index in [9.17, 15) is 8.78 Å². The third-order valence-corrected chi connectivity index (χ3v) is 4.12. The van der Waals surface area contributed by atoms with E-state index in [2.05, 4.69) is 27.8 Å². The molecule has 1 nitrogen and oxygen atoms in total. The van der Waals surface area contributed by atoms with Gasteiger partial charge in [0.15, 0.2) is 0 Å². The Morgan fingerprint density at radius 2 is 1.58 bits per heavy atom. The van der Waals surface area contributed by atoms with Crippen LogP contribution in [-0.2, 0) is 0 Å². The average molecular weight is 392 g/mol. The summed E-state index contributed by atoms with van der Waals surface area (Å²) in [5.41, 5.74) is 3.04. The maximum Gasteiger partial charge on any atom is 0.136 e. The van der Waals surface area contributed by atoms with Crippen molar-refractivity contribution in [3.63, 3.8) is 0 Å². The number of halogens is 3. The first-order chi connectivity index (χ1) is 11.6. The molecule has 0 aromatic heterocycles. The second kappa shape index (κ2) is 8.25. The SMILES string of the molecule is C=C1CCC(c2ccccc2)=C(c2c(F)cc(Br)cc2F)N1.CC. The Hall–Kier alpha value is -1.94. The summed E-state index contributed by atoms with van der Waals surface area (Å²) in [7, 11) is 0. The Bertz CT molecular complexity index is 743. The maximum absolute atomic E-state index is 14.3. The fourth-order valence-electron chi connectivity index (χ4n) is 2.64. The number of hydrogen-bond acceptors (Lipinski definition) is 1. The molecule has 0 radical (unpaired) electrons. The van der Waals surface area contributed by atoms with E-state index in [1.807, 2.05) is 44.2 Å². The van der Waals surface area contributed by atoms with Crippen molar-refractivity contribution >= 4 is 27.2 Å². The fourth-order valence-corrected chi connectivity index (χ4v) is 3.04. The molecule has 0 spiro atoms. The highest BCUT2D eigenvalue weighted by atomic mass is 79.9. The van der Waals surface area contributed by atoms with Gasteiger partial charge >= 0.3 is 0 Å². The Morgan fingerprint density at radius 3 is 2.17 bits per heavy atom. The number of benzene rings is 2. The van der Waals surface area contributed by atoms with E-state index in [1.165, 1.54) is 12.1 Å². The number of hydrogen-bond donors (Lipinski definition) is 1. The van der Waals surface area contributed by atoms with E-state index in [0.717, 1.165) is 23.3 Å². The monoisotopic (exact) mass is 391 g/mol. The van der Waals surface area contributed by atoms with Crippen molar-refractivity contribution in [2.45, 2.75) is 26.7 Å². The van der Waals surface area contributed by atoms with Gasteiger partial charge in [0, 0.05) is 10.2 Å². The summed E-state index contributed by atoms with van der Waals surface area (Å²) in [6.07, 6.45) is 1.44. The molecule has 1 heterocycles. The lowest BCUT2D eigenvalue weighted by molar-refractivity contribution is 0.573. The van der Waals surface area contributed by atoms with Gasteiger partial charge in [0.2, 0.25) is 0 Å². The van der Waals surface area contributed by atoms with E-state index in [1.54, 1.807) is 0 Å². The zero-order chi connectivity index (χ0) is 17.7. The highest BCUT2D eigenvalue weighted by Gasteiger charge is 2.23. The molecule has 0 unspecified atom stereocenters. The highest BCUT2D eigenvalue weighted by Crippen LogP contribution is 2.36. The predicted molar refractivity (Wildman–Crippen MR) is 100 cm³/mol. The molecule has 1 N–H and O–H groups in total. The van der Waals surface area contributed by atoms with Crippen LogP contribution < -0.4 is 5.32 Å². The van der Waals surface area contributed by atoms with Crippen molar-refractivity contribution in [2.75, 3.05) is 0 Å². The molecule has 0 fully saturated rings. The Morgan fingerprint density at radius 1 is 1.00 bits per heavy atom. The van der Waals surface area contributed by atoms with Gasteiger partial charge < -0.3 is 5.32 Å². The van der Waals surface area contributed by atoms with Crippen LogP contribution in [0, 0.1) is 11.6 Å². The van der Waals surface area contributed by atoms with Crippen LogP contribution in [-0.4, -0.2) is 0 Å². The molecular formula is C20H20BrF2N. The normalized spacial score (nSPS) is 14.0. The van der Waals surface area contributed by atoms with Crippen LogP contribution in [0.2, 0.25) is 0 Å². The molecule has 24 heavy (non-hydrogen) atoms. The first-order valence-electron chi connectivity index (χ1n) is 7.94. The number of rotatable bonds is 2. The van der Waals surface area contributed by atoms with Gasteiger partial charge in [-0.25, -0.2) is 8.78 Å². The van der Waals surface area contributed by atoms with E-state index in [-0.39, 0.29) is 5.56 Å². The van der Waals surface area contributed by atoms with Gasteiger partial charge in [-0.1, -0.05) is 66.7 Å². The molecule has 1 aliphatic heterocycles. The molecule has 0 saturated carbocycles. The summed E-state index contributed by atoms with van der Waals surface area (Å²) in [5, 5.41) is 3.07. The van der Waals surface area contributed by atoms with Crippen molar-refractivity contribution in [1.82, 2.24) is 5.32 Å². The molecule has 0 atom stereocenters. The lowest BCUT2D eigenvalue weighted by Gasteiger charge is -2.25. The van der Waals surface area contributed by atoms with Crippen LogP contribution in [0.4, 0.5) is 8.78 Å². The largest absolute Gasteiger partial charge is 0.359 e. The quantitative estimate of drug-likeness (QED) is 0.614. The summed E-state index contributed by atoms with van der Waals surface area (Å²) in [4.78, 5) is 0. The zero-order valence-electron chi connectivity index (χ0n) is 13.8. The first-order valence-corrected chi connectivity index (χ1v) is 8.74. The predicted octanol–water partition coefficient (Wildman–Crippen LogP) is 6.52. The molecule has 2 aromatic rings. The van der Waals surface area contributed by atoms with Crippen molar-refractivity contribution < 1.29 is 8.78 Å². The minimum atomic E-state index is -0.600. The third kappa shape index (κ3) is 3.93. The second-order valence-corrected chi connectivity index (χ2v) is 6.11. The van der Waals surface area contributed by atoms with Gasteiger partial charge in [0.25, 0.3) is 0 Å². The lowest BCUT2D eigenvalue weighted by Crippen LogP contribution is -2.19. The van der Waals surface area contributed by atoms with Crippen molar-refractivity contribution in [1.29, 1.82) is 0 Å². The second-order valence-electron chi connectivity index (χ2n) is 5.19. The van der Waals surface area contributed by atoms with Gasteiger partial charge in [-0.3, -0.25) is 0 Å². The smallest absolute Gasteiger partial charge is 0.136 e. The Kier molecular flexibility index (Phi) is 6.32. The molecule has 0 saturated heterocycles. The molecular weight excluding hydrogens is 372 g/mol. The van der Waals surface area contributed by atoms with Gasteiger partial charge in [0.1, 0.15) is 11.6 Å². The molecule has 2 aromatic carbocycles. The van der Waals surface area contributed by atoms with Crippen molar-refractivity contribution in [3.05, 3.63) is 82.0 Å². The first kappa shape index (κ1) is 18.4. The van der Waals surface area contributed by atoms with E-state index < -0.39 is 11.6 Å². The van der Waals surface area contributed by atoms with Gasteiger partial charge in [-0.05, 0) is 36.1 Å². The molecule has 0 amide bonds. The molecule has 4 heteroatoms. The van der Waals surface area contributed by atoms with Gasteiger partial charge in [-0.15, -0.1) is 0 Å². The Balaban J connectivity index is 0.00000100. The van der Waals surface area contributed by atoms with Crippen molar-refractivity contribution in [2.24, 2.45) is 0 Å². The van der Waals surface area contributed by atoms with Crippen LogP contribution in [0.5, 0.6) is 0 Å². The summed E-state index contributed by atoms with van der Waals surface area (Å²) in [6.45, 7) is 7.90. The number of nitrogens with one attached hydrogen (secondary N) is 1. The van der Waals surface area contributed by atoms with E-state index >= 15 is 0 Å². The van der Waals surface area contributed by atoms with Crippen molar-refractivity contribution in [3.8, 4) is 0 Å². The summed E-state index contributed by atoms with van der Waals surface area (Å²) >= 11 is 3.11. The number of allylic oxidation sites excluding steroid dienone is 2. The molecule has 126 valence electrons. The van der Waals surface area contributed by atoms with E-state index in [0.29, 0.717) is 16.6 Å². The zero-order valence-corrected chi connectivity index (χ0v) is 15.4. The van der Waals surface area contributed by atoms with E-state index in [4.69, 9.17) is 0 Å². The van der Waals surface area contributed by atoms with Crippen LogP contribution >= 0.6 is 15.9 Å². The topological polar surface area (TPSA) is 12.0 Å². The lowest BCUT2D eigenvalue weighted by atomic mass is 9.91. The maximum atomic E-state index is 14.3. The van der Waals surface area contributed by atoms with Crippen LogP contribution in [0.1, 0.15) is 37.8 Å². The third-order valence-electron chi connectivity index (χ3n) is 3.66. The molecule has 1 aliphatic rings. The van der Waals surface area contributed by atoms with Gasteiger partial charge in [-0.2, -0.15) is 0 Å². The fraction of sp³-hybridized carbons (Fsp3) is 0.200. The minimum Gasteiger partial charge on any atom is -0.359 e. The standard InChI is InChI=1S/C18H14BrF2N.C2H6/c1-11-7-8-14(12-5-3-2-4-6-12)18(22-11)17-15(20)9-13(19)10-16(17)21;1-2/h2-6,9-10,22H,1,7-8H2;1-2H3. The molecule has 0 bridgehead atoms. The summed E-state index contributed by atoms with van der Waals surface area (Å²) < 4.78 is 29.1.